The van der Waals surface area contributed by atoms with E-state index in [0.29, 0.717) is 36.9 Å². The minimum Gasteiger partial charge on any atom is -0.375 e. The molecule has 22 heavy (non-hydrogen) atoms. The van der Waals surface area contributed by atoms with Gasteiger partial charge >= 0.3 is 0 Å². The van der Waals surface area contributed by atoms with Gasteiger partial charge in [0.25, 0.3) is 0 Å². The smallest absolute Gasteiger partial charge is 0.241 e. The molecule has 1 heterocycles. The fourth-order valence-corrected chi connectivity index (χ4v) is 3.75. The lowest BCUT2D eigenvalue weighted by Gasteiger charge is -2.33. The van der Waals surface area contributed by atoms with Gasteiger partial charge in [0.1, 0.15) is 0 Å². The van der Waals surface area contributed by atoms with E-state index >= 15 is 0 Å². The number of anilines is 1. The summed E-state index contributed by atoms with van der Waals surface area (Å²) in [4.78, 5) is 13.8. The number of rotatable bonds is 4. The molecule has 6 nitrogen and oxygen atoms in total. The summed E-state index contributed by atoms with van der Waals surface area (Å²) in [5.74, 6) is -0.0767. The summed E-state index contributed by atoms with van der Waals surface area (Å²) in [5, 5.41) is 3.53. The Kier molecular flexibility index (Phi) is 5.70. The third-order valence-corrected chi connectivity index (χ3v) is 5.53. The van der Waals surface area contributed by atoms with Gasteiger partial charge in [0.2, 0.25) is 15.9 Å². The SMILES string of the molecule is CS(=O)(=O)N1CCN(C(=O)CNc2ccc(Br)cc2Cl)CC1. The molecule has 0 radical (unpaired) electrons. The van der Waals surface area contributed by atoms with Crippen LogP contribution in [0.15, 0.2) is 22.7 Å². The monoisotopic (exact) mass is 409 g/mol. The lowest BCUT2D eigenvalue weighted by Crippen LogP contribution is -2.51. The van der Waals surface area contributed by atoms with Crippen molar-refractivity contribution < 1.29 is 13.2 Å². The van der Waals surface area contributed by atoms with Crippen molar-refractivity contribution in [1.82, 2.24) is 9.21 Å². The zero-order valence-electron chi connectivity index (χ0n) is 12.1. The number of hydrogen-bond acceptors (Lipinski definition) is 4. The van der Waals surface area contributed by atoms with Gasteiger partial charge in [-0.25, -0.2) is 8.42 Å². The summed E-state index contributed by atoms with van der Waals surface area (Å²) in [7, 11) is -3.18. The molecule has 2 rings (SSSR count). The number of nitrogens with zero attached hydrogens (tertiary/aromatic N) is 2. The zero-order valence-corrected chi connectivity index (χ0v) is 15.2. The van der Waals surface area contributed by atoms with Crippen LogP contribution >= 0.6 is 27.5 Å². The summed E-state index contributed by atoms with van der Waals surface area (Å²) in [5.41, 5.74) is 0.688. The van der Waals surface area contributed by atoms with Crippen molar-refractivity contribution in [3.8, 4) is 0 Å². The molecule has 0 unspecified atom stereocenters. The standard InChI is InChI=1S/C13H17BrClN3O3S/c1-22(20,21)18-6-4-17(5-7-18)13(19)9-16-12-3-2-10(14)8-11(12)15/h2-3,8,16H,4-7,9H2,1H3. The molecule has 122 valence electrons. The number of benzene rings is 1. The van der Waals surface area contributed by atoms with E-state index in [9.17, 15) is 13.2 Å². The van der Waals surface area contributed by atoms with Crippen LogP contribution < -0.4 is 5.32 Å². The van der Waals surface area contributed by atoms with E-state index in [-0.39, 0.29) is 12.5 Å². The minimum absolute atomic E-state index is 0.0767. The third kappa shape index (κ3) is 4.58. The molecule has 0 bridgehead atoms. The number of halogens is 2. The van der Waals surface area contributed by atoms with Crippen LogP contribution in [0.2, 0.25) is 5.02 Å². The number of hydrogen-bond donors (Lipinski definition) is 1. The van der Waals surface area contributed by atoms with Gasteiger partial charge in [0.05, 0.1) is 23.5 Å². The predicted molar refractivity (Wildman–Crippen MR) is 90.6 cm³/mol. The maximum absolute atomic E-state index is 12.1. The molecule has 1 saturated heterocycles. The molecule has 1 aliphatic rings. The number of carbonyl (C=O) groups excluding carboxylic acids is 1. The molecule has 9 heteroatoms. The highest BCUT2D eigenvalue weighted by Crippen LogP contribution is 2.25. The normalized spacial score (nSPS) is 16.6. The highest BCUT2D eigenvalue weighted by atomic mass is 79.9. The Morgan fingerprint density at radius 3 is 2.50 bits per heavy atom. The number of amides is 1. The Balaban J connectivity index is 1.86. The summed E-state index contributed by atoms with van der Waals surface area (Å²) in [6, 6.07) is 5.38. The van der Waals surface area contributed by atoms with E-state index < -0.39 is 10.0 Å². The Hall–Kier alpha value is -0.830. The number of carbonyl (C=O) groups is 1. The third-order valence-electron chi connectivity index (χ3n) is 3.42. The van der Waals surface area contributed by atoms with Gasteiger partial charge in [-0.15, -0.1) is 0 Å². The highest BCUT2D eigenvalue weighted by Gasteiger charge is 2.25. The van der Waals surface area contributed by atoms with Crippen LogP contribution in [-0.2, 0) is 14.8 Å². The lowest BCUT2D eigenvalue weighted by molar-refractivity contribution is -0.130. The van der Waals surface area contributed by atoms with E-state index in [1.165, 1.54) is 10.6 Å². The fraction of sp³-hybridized carbons (Fsp3) is 0.462. The van der Waals surface area contributed by atoms with Crippen LogP contribution in [0.1, 0.15) is 0 Å². The number of sulfonamides is 1. The second kappa shape index (κ2) is 7.16. The van der Waals surface area contributed by atoms with E-state index in [1.807, 2.05) is 6.07 Å². The van der Waals surface area contributed by atoms with E-state index in [1.54, 1.807) is 17.0 Å². The van der Waals surface area contributed by atoms with Gasteiger partial charge in [-0.2, -0.15) is 4.31 Å². The maximum atomic E-state index is 12.1. The van der Waals surface area contributed by atoms with Crippen molar-refractivity contribution in [3.63, 3.8) is 0 Å². The zero-order chi connectivity index (χ0) is 16.3. The number of piperazine rings is 1. The molecule has 1 aromatic rings. The molecule has 1 aliphatic heterocycles. The topological polar surface area (TPSA) is 69.7 Å². The van der Waals surface area contributed by atoms with Crippen molar-refractivity contribution in [1.29, 1.82) is 0 Å². The Labute approximate surface area is 143 Å². The van der Waals surface area contributed by atoms with Crippen LogP contribution in [0.3, 0.4) is 0 Å². The minimum atomic E-state index is -3.18. The first-order chi connectivity index (χ1) is 10.3. The Bertz CT molecular complexity index is 660. The highest BCUT2D eigenvalue weighted by molar-refractivity contribution is 9.10. The van der Waals surface area contributed by atoms with E-state index in [2.05, 4.69) is 21.2 Å². The molecule has 0 aliphatic carbocycles. The molecule has 0 spiro atoms. The summed E-state index contributed by atoms with van der Waals surface area (Å²) in [6.45, 7) is 1.61. The molecular formula is C13H17BrClN3O3S. The summed E-state index contributed by atoms with van der Waals surface area (Å²) >= 11 is 9.40. The predicted octanol–water partition coefficient (Wildman–Crippen LogP) is 1.62. The molecule has 1 amide bonds. The van der Waals surface area contributed by atoms with Crippen molar-refractivity contribution in [3.05, 3.63) is 27.7 Å². The first-order valence-corrected chi connectivity index (χ1v) is 9.71. The fourth-order valence-electron chi connectivity index (χ4n) is 2.18. The van der Waals surface area contributed by atoms with Crippen molar-refractivity contribution >= 4 is 49.1 Å². The van der Waals surface area contributed by atoms with Crippen LogP contribution in [0.5, 0.6) is 0 Å². The average molecular weight is 411 g/mol. The maximum Gasteiger partial charge on any atom is 0.241 e. The first-order valence-electron chi connectivity index (χ1n) is 6.69. The van der Waals surface area contributed by atoms with Crippen molar-refractivity contribution in [2.24, 2.45) is 0 Å². The molecule has 0 saturated carbocycles. The summed E-state index contributed by atoms with van der Waals surface area (Å²) in [6.07, 6.45) is 1.18. The molecule has 0 atom stereocenters. The van der Waals surface area contributed by atoms with Gasteiger partial charge in [-0.3, -0.25) is 4.79 Å². The second-order valence-electron chi connectivity index (χ2n) is 5.02. The van der Waals surface area contributed by atoms with Crippen LogP contribution in [0.4, 0.5) is 5.69 Å². The van der Waals surface area contributed by atoms with Crippen LogP contribution in [0.25, 0.3) is 0 Å². The van der Waals surface area contributed by atoms with Gasteiger partial charge in [-0.05, 0) is 18.2 Å². The Morgan fingerprint density at radius 2 is 1.95 bits per heavy atom. The molecule has 0 aromatic heterocycles. The molecule has 1 N–H and O–H groups in total. The summed E-state index contributed by atoms with van der Waals surface area (Å²) < 4.78 is 25.1. The average Bonchev–Trinajstić information content (AvgIpc) is 2.45. The first kappa shape index (κ1) is 17.5. The number of nitrogens with one attached hydrogen (secondary N) is 1. The van der Waals surface area contributed by atoms with Crippen LogP contribution in [-0.4, -0.2) is 62.5 Å². The van der Waals surface area contributed by atoms with Gasteiger partial charge in [0.15, 0.2) is 0 Å². The second-order valence-corrected chi connectivity index (χ2v) is 8.33. The quantitative estimate of drug-likeness (QED) is 0.819. The molecule has 1 fully saturated rings. The van der Waals surface area contributed by atoms with Crippen molar-refractivity contribution in [2.75, 3.05) is 44.3 Å². The lowest BCUT2D eigenvalue weighted by atomic mass is 10.3. The van der Waals surface area contributed by atoms with Gasteiger partial charge < -0.3 is 10.2 Å². The van der Waals surface area contributed by atoms with Crippen molar-refractivity contribution in [2.45, 2.75) is 0 Å². The Morgan fingerprint density at radius 1 is 1.32 bits per heavy atom. The van der Waals surface area contributed by atoms with Crippen LogP contribution in [0, 0.1) is 0 Å². The molecule has 1 aromatic carbocycles. The largest absolute Gasteiger partial charge is 0.375 e. The molecular weight excluding hydrogens is 394 g/mol. The van der Waals surface area contributed by atoms with E-state index in [0.717, 1.165) is 4.47 Å². The van der Waals surface area contributed by atoms with Gasteiger partial charge in [0, 0.05) is 30.7 Å². The van der Waals surface area contributed by atoms with E-state index in [4.69, 9.17) is 11.6 Å². The van der Waals surface area contributed by atoms with Gasteiger partial charge in [-0.1, -0.05) is 27.5 Å².